The molecule has 2 N–H and O–H groups in total. The van der Waals surface area contributed by atoms with E-state index in [2.05, 4.69) is 10.6 Å². The molecule has 0 saturated heterocycles. The van der Waals surface area contributed by atoms with Crippen LogP contribution in [0, 0.1) is 0 Å². The molecule has 0 saturated carbocycles. The van der Waals surface area contributed by atoms with Gasteiger partial charge in [0.2, 0.25) is 15.9 Å². The van der Waals surface area contributed by atoms with Gasteiger partial charge in [0, 0.05) is 30.9 Å². The molecule has 0 aliphatic heterocycles. The average molecular weight is 496 g/mol. The Labute approximate surface area is 205 Å². The van der Waals surface area contributed by atoms with E-state index >= 15 is 0 Å². The third kappa shape index (κ3) is 6.74. The number of para-hydroxylation sites is 1. The number of nitrogens with zero attached hydrogens (tertiary/aromatic N) is 1. The van der Waals surface area contributed by atoms with E-state index in [4.69, 9.17) is 17.0 Å². The first-order valence-electron chi connectivity index (χ1n) is 10.3. The summed E-state index contributed by atoms with van der Waals surface area (Å²) >= 11 is 5.18. The largest absolute Gasteiger partial charge is 0.496 e. The molecule has 9 heteroatoms. The SMILES string of the molecule is COc1ccccc1C=CC(=O)NC(=S)Nc1ccc(S(=O)(=O)N(C)Cc2ccccc2)cc1. The molecule has 3 rings (SSSR count). The molecule has 0 aliphatic carbocycles. The number of carbonyl (C=O) groups is 1. The van der Waals surface area contributed by atoms with E-state index in [0.717, 1.165) is 11.1 Å². The minimum atomic E-state index is -3.66. The maximum absolute atomic E-state index is 12.9. The van der Waals surface area contributed by atoms with Gasteiger partial charge in [-0.05, 0) is 54.2 Å². The summed E-state index contributed by atoms with van der Waals surface area (Å²) in [6.07, 6.45) is 2.98. The van der Waals surface area contributed by atoms with Gasteiger partial charge in [-0.25, -0.2) is 8.42 Å². The van der Waals surface area contributed by atoms with Crippen LogP contribution in [0.3, 0.4) is 0 Å². The second kappa shape index (κ2) is 11.6. The lowest BCUT2D eigenvalue weighted by atomic mass is 10.2. The fraction of sp³-hybridized carbons (Fsp3) is 0.120. The van der Waals surface area contributed by atoms with Gasteiger partial charge in [-0.1, -0.05) is 48.5 Å². The number of amides is 1. The number of nitrogens with one attached hydrogen (secondary N) is 2. The number of benzene rings is 3. The lowest BCUT2D eigenvalue weighted by Gasteiger charge is -2.17. The van der Waals surface area contributed by atoms with Crippen LogP contribution in [0.15, 0.2) is 89.8 Å². The molecule has 3 aromatic carbocycles. The fourth-order valence-corrected chi connectivity index (χ4v) is 4.48. The normalized spacial score (nSPS) is 11.4. The molecule has 0 aromatic heterocycles. The van der Waals surface area contributed by atoms with Crippen molar-refractivity contribution in [2.24, 2.45) is 0 Å². The first-order chi connectivity index (χ1) is 16.3. The van der Waals surface area contributed by atoms with Gasteiger partial charge in [-0.3, -0.25) is 10.1 Å². The molecule has 0 atom stereocenters. The first-order valence-corrected chi connectivity index (χ1v) is 12.2. The number of thiocarbonyl (C=S) groups is 1. The Bertz CT molecular complexity index is 1280. The molecule has 0 aliphatic rings. The Morgan fingerprint density at radius 3 is 2.32 bits per heavy atom. The maximum atomic E-state index is 12.9. The van der Waals surface area contributed by atoms with Gasteiger partial charge in [-0.15, -0.1) is 0 Å². The van der Waals surface area contributed by atoms with E-state index in [-0.39, 0.29) is 16.6 Å². The van der Waals surface area contributed by atoms with Crippen LogP contribution in [0.5, 0.6) is 5.75 Å². The van der Waals surface area contributed by atoms with Gasteiger partial charge in [0.15, 0.2) is 5.11 Å². The maximum Gasteiger partial charge on any atom is 0.250 e. The van der Waals surface area contributed by atoms with Crippen molar-refractivity contribution in [1.82, 2.24) is 9.62 Å². The van der Waals surface area contributed by atoms with Gasteiger partial charge in [0.25, 0.3) is 0 Å². The molecule has 0 unspecified atom stereocenters. The minimum absolute atomic E-state index is 0.0893. The van der Waals surface area contributed by atoms with Crippen molar-refractivity contribution in [3.8, 4) is 5.75 Å². The summed E-state index contributed by atoms with van der Waals surface area (Å²) in [5, 5.41) is 5.52. The first kappa shape index (κ1) is 25.1. The number of sulfonamides is 1. The predicted molar refractivity (Wildman–Crippen MR) is 138 cm³/mol. The van der Waals surface area contributed by atoms with Gasteiger partial charge in [0.1, 0.15) is 5.75 Å². The van der Waals surface area contributed by atoms with Gasteiger partial charge in [-0.2, -0.15) is 4.31 Å². The monoisotopic (exact) mass is 495 g/mol. The molecule has 1 amide bonds. The number of hydrogen-bond donors (Lipinski definition) is 2. The summed E-state index contributed by atoms with van der Waals surface area (Å²) < 4.78 is 32.3. The average Bonchev–Trinajstić information content (AvgIpc) is 2.83. The number of carbonyl (C=O) groups excluding carboxylic acids is 1. The highest BCUT2D eigenvalue weighted by Crippen LogP contribution is 2.20. The van der Waals surface area contributed by atoms with Crippen molar-refractivity contribution >= 4 is 45.0 Å². The molecule has 0 spiro atoms. The van der Waals surface area contributed by atoms with Crippen LogP contribution in [0.1, 0.15) is 11.1 Å². The number of anilines is 1. The van der Waals surface area contributed by atoms with E-state index in [9.17, 15) is 13.2 Å². The predicted octanol–water partition coefficient (Wildman–Crippen LogP) is 4.04. The quantitative estimate of drug-likeness (QED) is 0.362. The van der Waals surface area contributed by atoms with Crippen molar-refractivity contribution in [1.29, 1.82) is 0 Å². The summed E-state index contributed by atoms with van der Waals surface area (Å²) in [5.74, 6) is 0.238. The highest BCUT2D eigenvalue weighted by Gasteiger charge is 2.20. The molecule has 34 heavy (non-hydrogen) atoms. The third-order valence-electron chi connectivity index (χ3n) is 4.86. The molecule has 0 heterocycles. The zero-order chi connectivity index (χ0) is 24.6. The third-order valence-corrected chi connectivity index (χ3v) is 6.88. The number of methoxy groups -OCH3 is 1. The van der Waals surface area contributed by atoms with Crippen molar-refractivity contribution in [2.45, 2.75) is 11.4 Å². The van der Waals surface area contributed by atoms with Crippen LogP contribution < -0.4 is 15.4 Å². The van der Waals surface area contributed by atoms with Crippen molar-refractivity contribution in [2.75, 3.05) is 19.5 Å². The van der Waals surface area contributed by atoms with Gasteiger partial charge < -0.3 is 10.1 Å². The molecular weight excluding hydrogens is 470 g/mol. The van der Waals surface area contributed by atoms with E-state index in [0.29, 0.717) is 11.4 Å². The molecule has 176 valence electrons. The molecule has 7 nitrogen and oxygen atoms in total. The van der Waals surface area contributed by atoms with E-state index in [1.54, 1.807) is 31.4 Å². The van der Waals surface area contributed by atoms with E-state index in [1.165, 1.54) is 29.6 Å². The molecule has 3 aromatic rings. The van der Waals surface area contributed by atoms with Gasteiger partial charge >= 0.3 is 0 Å². The second-order valence-corrected chi connectivity index (χ2v) is 9.74. The summed E-state index contributed by atoms with van der Waals surface area (Å²) in [6, 6.07) is 22.8. The highest BCUT2D eigenvalue weighted by atomic mass is 32.2. The Morgan fingerprint density at radius 1 is 1.00 bits per heavy atom. The molecular formula is C25H25N3O4S2. The number of hydrogen-bond acceptors (Lipinski definition) is 5. The molecule has 0 fully saturated rings. The van der Waals surface area contributed by atoms with Crippen LogP contribution in [-0.2, 0) is 21.4 Å². The van der Waals surface area contributed by atoms with Crippen molar-refractivity contribution < 1.29 is 17.9 Å². The van der Waals surface area contributed by atoms with Crippen LogP contribution in [-0.4, -0.2) is 37.9 Å². The lowest BCUT2D eigenvalue weighted by Crippen LogP contribution is -2.32. The standard InChI is InChI=1S/C25H25N3O4S2/c1-28(18-19-8-4-3-5-9-19)34(30,31)22-15-13-21(14-16-22)26-25(33)27-24(29)17-12-20-10-6-7-11-23(20)32-2/h3-17H,18H2,1-2H3,(H2,26,27,29,33). The van der Waals surface area contributed by atoms with E-state index < -0.39 is 15.9 Å². The molecule has 0 radical (unpaired) electrons. The Hall–Kier alpha value is -3.53. The molecule has 0 bridgehead atoms. The fourth-order valence-electron chi connectivity index (χ4n) is 3.10. The topological polar surface area (TPSA) is 87.7 Å². The lowest BCUT2D eigenvalue weighted by molar-refractivity contribution is -0.115. The summed E-state index contributed by atoms with van der Waals surface area (Å²) in [4.78, 5) is 12.3. The summed E-state index contributed by atoms with van der Waals surface area (Å²) in [5.41, 5.74) is 2.20. The van der Waals surface area contributed by atoms with Crippen molar-refractivity contribution in [3.63, 3.8) is 0 Å². The van der Waals surface area contributed by atoms with E-state index in [1.807, 2.05) is 48.5 Å². The summed E-state index contributed by atoms with van der Waals surface area (Å²) in [7, 11) is -0.559. The Kier molecular flexibility index (Phi) is 8.53. The van der Waals surface area contributed by atoms with Crippen molar-refractivity contribution in [3.05, 3.63) is 96.1 Å². The number of ether oxygens (including phenoxy) is 1. The second-order valence-electron chi connectivity index (χ2n) is 7.29. The van der Waals surface area contributed by atoms with Crippen LogP contribution >= 0.6 is 12.2 Å². The van der Waals surface area contributed by atoms with Crippen LogP contribution in [0.2, 0.25) is 0 Å². The summed E-state index contributed by atoms with van der Waals surface area (Å²) in [6.45, 7) is 0.266. The minimum Gasteiger partial charge on any atom is -0.496 e. The van der Waals surface area contributed by atoms with Gasteiger partial charge in [0.05, 0.1) is 12.0 Å². The zero-order valence-corrected chi connectivity index (χ0v) is 20.4. The van der Waals surface area contributed by atoms with Crippen LogP contribution in [0.25, 0.3) is 6.08 Å². The number of rotatable bonds is 8. The zero-order valence-electron chi connectivity index (χ0n) is 18.8. The van der Waals surface area contributed by atoms with Crippen LogP contribution in [0.4, 0.5) is 5.69 Å². The highest BCUT2D eigenvalue weighted by molar-refractivity contribution is 7.89. The Balaban J connectivity index is 1.57. The smallest absolute Gasteiger partial charge is 0.250 e. The Morgan fingerprint density at radius 2 is 1.65 bits per heavy atom.